The second kappa shape index (κ2) is 10.4. The Hall–Kier alpha value is -1.20. The van der Waals surface area contributed by atoms with E-state index in [1.807, 2.05) is 11.8 Å². The smallest absolute Gasteiger partial charge is 0.226 e. The summed E-state index contributed by atoms with van der Waals surface area (Å²) in [5.41, 5.74) is -0.243. The fourth-order valence-corrected chi connectivity index (χ4v) is 5.62. The molecule has 0 saturated carbocycles. The minimum atomic E-state index is -0.391. The minimum absolute atomic E-state index is 0.0130. The summed E-state index contributed by atoms with van der Waals surface area (Å²) >= 11 is 0. The van der Waals surface area contributed by atoms with Gasteiger partial charge in [0.05, 0.1) is 17.7 Å². The van der Waals surface area contributed by atoms with Gasteiger partial charge in [0.2, 0.25) is 5.91 Å². The largest absolute Gasteiger partial charge is 0.396 e. The first kappa shape index (κ1) is 23.5. The van der Waals surface area contributed by atoms with Crippen LogP contribution in [0.15, 0.2) is 12.2 Å². The molecule has 5 nitrogen and oxygen atoms in total. The van der Waals surface area contributed by atoms with E-state index in [1.54, 1.807) is 0 Å². The van der Waals surface area contributed by atoms with Crippen LogP contribution in [0.2, 0.25) is 0 Å². The van der Waals surface area contributed by atoms with Gasteiger partial charge in [-0.1, -0.05) is 31.9 Å². The number of nitrogens with zero attached hydrogens (tertiary/aromatic N) is 1. The predicted molar refractivity (Wildman–Crippen MR) is 118 cm³/mol. The molecule has 0 spiro atoms. The third kappa shape index (κ3) is 5.73. The molecular formula is C25H41NO4. The van der Waals surface area contributed by atoms with Crippen molar-refractivity contribution in [3.8, 4) is 0 Å². The first-order valence-electron chi connectivity index (χ1n) is 12.1. The summed E-state index contributed by atoms with van der Waals surface area (Å²) in [4.78, 5) is 28.6. The molecule has 2 fully saturated rings. The van der Waals surface area contributed by atoms with Crippen LogP contribution in [0.1, 0.15) is 85.0 Å². The first-order valence-corrected chi connectivity index (χ1v) is 12.1. The van der Waals surface area contributed by atoms with E-state index in [-0.39, 0.29) is 47.8 Å². The lowest BCUT2D eigenvalue weighted by molar-refractivity contribution is -0.142. The summed E-state index contributed by atoms with van der Waals surface area (Å²) in [5, 5.41) is 9.87. The summed E-state index contributed by atoms with van der Waals surface area (Å²) in [6.07, 6.45) is 13.7. The molecule has 0 radical (unpaired) electrons. The number of ether oxygens (including phenoxy) is 1. The van der Waals surface area contributed by atoms with E-state index in [9.17, 15) is 14.7 Å². The van der Waals surface area contributed by atoms with Gasteiger partial charge in [-0.3, -0.25) is 9.59 Å². The van der Waals surface area contributed by atoms with E-state index < -0.39 is 6.04 Å². The molecule has 5 atom stereocenters. The molecule has 170 valence electrons. The Morgan fingerprint density at radius 2 is 1.77 bits per heavy atom. The van der Waals surface area contributed by atoms with Gasteiger partial charge in [-0.2, -0.15) is 0 Å². The van der Waals surface area contributed by atoms with Crippen molar-refractivity contribution in [3.05, 3.63) is 12.2 Å². The van der Waals surface area contributed by atoms with Crippen molar-refractivity contribution < 1.29 is 19.4 Å². The van der Waals surface area contributed by atoms with Crippen LogP contribution < -0.4 is 0 Å². The summed E-state index contributed by atoms with van der Waals surface area (Å²) in [6, 6.07) is -0.391. The topological polar surface area (TPSA) is 66.8 Å². The second-order valence-corrected chi connectivity index (χ2v) is 10.4. The summed E-state index contributed by atoms with van der Waals surface area (Å²) in [5.74, 6) is 0.216. The van der Waals surface area contributed by atoms with Gasteiger partial charge in [-0.15, -0.1) is 0 Å². The van der Waals surface area contributed by atoms with Crippen molar-refractivity contribution in [1.82, 2.24) is 4.90 Å². The number of amides is 1. The molecule has 2 unspecified atom stereocenters. The van der Waals surface area contributed by atoms with Crippen molar-refractivity contribution in [2.75, 3.05) is 13.2 Å². The van der Waals surface area contributed by atoms with E-state index in [0.29, 0.717) is 13.0 Å². The molecule has 5 heteroatoms. The predicted octanol–water partition coefficient (Wildman–Crippen LogP) is 4.28. The van der Waals surface area contributed by atoms with Crippen LogP contribution >= 0.6 is 0 Å². The van der Waals surface area contributed by atoms with E-state index in [2.05, 4.69) is 26.0 Å². The standard InChI is InChI=1S/C25H41NO4/c1-18-12-10-8-6-4-5-7-9-11-13-19(17-27)14-21(28)23-20-15-25(2,3)30-22(20)16-26(23)24(18)29/h4-5,18-20,22-23,27H,6-17H2,1-3H3/b5-4+/t18-,19+,20-,22?,23?/m0/s1. The van der Waals surface area contributed by atoms with Gasteiger partial charge in [-0.25, -0.2) is 0 Å². The molecule has 0 aromatic carbocycles. The lowest BCUT2D eigenvalue weighted by Crippen LogP contribution is -2.46. The Morgan fingerprint density at radius 1 is 1.10 bits per heavy atom. The highest BCUT2D eigenvalue weighted by atomic mass is 16.5. The van der Waals surface area contributed by atoms with Crippen molar-refractivity contribution in [2.45, 2.75) is 103 Å². The molecule has 3 rings (SSSR count). The first-order chi connectivity index (χ1) is 14.3. The molecule has 0 bridgehead atoms. The van der Waals surface area contributed by atoms with Crippen LogP contribution in [0.3, 0.4) is 0 Å². The number of aliphatic hydroxyl groups excluding tert-OH is 1. The minimum Gasteiger partial charge on any atom is -0.396 e. The van der Waals surface area contributed by atoms with E-state index in [1.165, 1.54) is 0 Å². The van der Waals surface area contributed by atoms with Crippen LogP contribution in [0.5, 0.6) is 0 Å². The van der Waals surface area contributed by atoms with Crippen LogP contribution in [-0.2, 0) is 14.3 Å². The number of carbonyl (C=O) groups excluding carboxylic acids is 2. The Morgan fingerprint density at radius 3 is 2.43 bits per heavy atom. The van der Waals surface area contributed by atoms with Gasteiger partial charge in [0, 0.05) is 31.4 Å². The van der Waals surface area contributed by atoms with Gasteiger partial charge < -0.3 is 14.7 Å². The van der Waals surface area contributed by atoms with Crippen LogP contribution in [0.4, 0.5) is 0 Å². The normalized spacial score (nSPS) is 37.5. The van der Waals surface area contributed by atoms with Crippen molar-refractivity contribution in [3.63, 3.8) is 0 Å². The SMILES string of the molecule is C[C@H]1CCCC/C=C/CCCC[C@@H](CO)CC(=O)C2[C@H]3CC(C)(C)OC3CN2C1=O. The highest BCUT2D eigenvalue weighted by molar-refractivity contribution is 5.91. The highest BCUT2D eigenvalue weighted by Gasteiger charge is 2.55. The molecule has 3 aliphatic rings. The zero-order valence-electron chi connectivity index (χ0n) is 19.1. The van der Waals surface area contributed by atoms with Gasteiger partial charge in [0.25, 0.3) is 0 Å². The molecule has 3 aliphatic heterocycles. The van der Waals surface area contributed by atoms with E-state index in [0.717, 1.165) is 57.8 Å². The van der Waals surface area contributed by atoms with Crippen molar-refractivity contribution in [2.24, 2.45) is 17.8 Å². The number of rotatable bonds is 1. The van der Waals surface area contributed by atoms with E-state index in [4.69, 9.17) is 4.74 Å². The average molecular weight is 420 g/mol. The molecule has 2 saturated heterocycles. The number of aliphatic hydroxyl groups is 1. The van der Waals surface area contributed by atoms with E-state index >= 15 is 0 Å². The Bertz CT molecular complexity index is 629. The summed E-state index contributed by atoms with van der Waals surface area (Å²) in [7, 11) is 0. The number of hydrogen-bond acceptors (Lipinski definition) is 4. The molecule has 0 aromatic rings. The summed E-state index contributed by atoms with van der Waals surface area (Å²) < 4.78 is 6.23. The average Bonchev–Trinajstić information content (AvgIpc) is 3.18. The molecular weight excluding hydrogens is 378 g/mol. The van der Waals surface area contributed by atoms with Crippen LogP contribution in [0.25, 0.3) is 0 Å². The zero-order valence-corrected chi connectivity index (χ0v) is 19.1. The number of Topliss-reactive ketones (excluding diaryl/α,β-unsaturated/α-hetero) is 1. The Labute approximate surface area is 182 Å². The molecule has 0 aromatic heterocycles. The fraction of sp³-hybridized carbons (Fsp3) is 0.840. The lowest BCUT2D eigenvalue weighted by atomic mass is 9.84. The third-order valence-electron chi connectivity index (χ3n) is 7.23. The van der Waals surface area contributed by atoms with Crippen molar-refractivity contribution >= 4 is 11.7 Å². The van der Waals surface area contributed by atoms with Crippen LogP contribution in [-0.4, -0.2) is 52.6 Å². The lowest BCUT2D eigenvalue weighted by Gasteiger charge is -2.31. The Kier molecular flexibility index (Phi) is 8.14. The fourth-order valence-electron chi connectivity index (χ4n) is 5.62. The summed E-state index contributed by atoms with van der Waals surface area (Å²) in [6.45, 7) is 6.72. The number of carbonyl (C=O) groups is 2. The quantitative estimate of drug-likeness (QED) is 0.645. The molecule has 3 heterocycles. The third-order valence-corrected chi connectivity index (χ3v) is 7.23. The number of allylic oxidation sites excluding steroid dienone is 2. The van der Waals surface area contributed by atoms with Gasteiger partial charge in [0.15, 0.2) is 5.78 Å². The molecule has 0 aliphatic carbocycles. The second-order valence-electron chi connectivity index (χ2n) is 10.4. The molecule has 30 heavy (non-hydrogen) atoms. The van der Waals surface area contributed by atoms with Crippen LogP contribution in [0, 0.1) is 17.8 Å². The van der Waals surface area contributed by atoms with Gasteiger partial charge in [-0.05, 0) is 64.7 Å². The van der Waals surface area contributed by atoms with Gasteiger partial charge >= 0.3 is 0 Å². The van der Waals surface area contributed by atoms with Gasteiger partial charge in [0.1, 0.15) is 0 Å². The Balaban J connectivity index is 1.78. The molecule has 1 N–H and O–H groups in total. The number of fused-ring (bicyclic) bond motifs is 3. The zero-order chi connectivity index (χ0) is 21.7. The monoisotopic (exact) mass is 419 g/mol. The van der Waals surface area contributed by atoms with Crippen molar-refractivity contribution in [1.29, 1.82) is 0 Å². The highest BCUT2D eigenvalue weighted by Crippen LogP contribution is 2.44. The maximum absolute atomic E-state index is 13.4. The maximum Gasteiger partial charge on any atom is 0.226 e. The molecule has 1 amide bonds. The number of ketones is 1. The number of hydrogen-bond donors (Lipinski definition) is 1. The maximum atomic E-state index is 13.4.